The molecule has 0 aliphatic carbocycles. The Morgan fingerprint density at radius 1 is 1.67 bits per heavy atom. The number of hydrogen-bond acceptors (Lipinski definition) is 5. The minimum Gasteiger partial charge on any atom is -0.480 e. The first-order valence-corrected chi connectivity index (χ1v) is 6.15. The van der Waals surface area contributed by atoms with Crippen LogP contribution < -0.4 is 0 Å². The average Bonchev–Trinajstić information content (AvgIpc) is 2.78. The summed E-state index contributed by atoms with van der Waals surface area (Å²) in [6.07, 6.45) is 5.02. The number of carbonyl (C=O) groups excluding carboxylic acids is 1. The molecule has 0 saturated carbocycles. The topological polar surface area (TPSA) is 75.4 Å². The third-order valence-corrected chi connectivity index (χ3v) is 3.57. The summed E-state index contributed by atoms with van der Waals surface area (Å²) in [7, 11) is 1.77. The van der Waals surface area contributed by atoms with Gasteiger partial charge in [-0.3, -0.25) is 19.2 Å². The number of aryl methyl sites for hydroxylation is 1. The molecular formula is C10H9N3O3S2. The predicted molar refractivity (Wildman–Crippen MR) is 70.7 cm³/mol. The summed E-state index contributed by atoms with van der Waals surface area (Å²) < 4.78 is 1.88. The van der Waals surface area contributed by atoms with Crippen LogP contribution >= 0.6 is 24.0 Å². The van der Waals surface area contributed by atoms with Gasteiger partial charge in [0.1, 0.15) is 10.9 Å². The zero-order valence-electron chi connectivity index (χ0n) is 9.36. The van der Waals surface area contributed by atoms with Crippen LogP contribution in [-0.2, 0) is 16.6 Å². The van der Waals surface area contributed by atoms with Gasteiger partial charge in [0.05, 0.1) is 11.1 Å². The third kappa shape index (κ3) is 2.59. The lowest BCUT2D eigenvalue weighted by Crippen LogP contribution is -2.33. The van der Waals surface area contributed by atoms with E-state index in [0.717, 1.165) is 22.2 Å². The Labute approximate surface area is 112 Å². The maximum atomic E-state index is 11.9. The van der Waals surface area contributed by atoms with Crippen LogP contribution in [0.3, 0.4) is 0 Å². The van der Waals surface area contributed by atoms with Crippen LogP contribution in [0.25, 0.3) is 6.08 Å². The van der Waals surface area contributed by atoms with Crippen molar-refractivity contribution in [2.24, 2.45) is 7.05 Å². The molecule has 6 nitrogen and oxygen atoms in total. The van der Waals surface area contributed by atoms with Crippen molar-refractivity contribution in [3.8, 4) is 0 Å². The SMILES string of the molecule is Cn1cc(C=C2SC(=S)N(CC(=O)O)C2=O)cn1. The Hall–Kier alpha value is -1.67. The molecule has 1 amide bonds. The van der Waals surface area contributed by atoms with Gasteiger partial charge < -0.3 is 5.11 Å². The van der Waals surface area contributed by atoms with E-state index in [2.05, 4.69) is 5.10 Å². The van der Waals surface area contributed by atoms with E-state index in [1.165, 1.54) is 0 Å². The van der Waals surface area contributed by atoms with Gasteiger partial charge in [0.25, 0.3) is 5.91 Å². The molecule has 1 N–H and O–H groups in total. The molecule has 1 aliphatic heterocycles. The summed E-state index contributed by atoms with van der Waals surface area (Å²) in [6, 6.07) is 0. The van der Waals surface area contributed by atoms with E-state index in [1.807, 2.05) is 0 Å². The highest BCUT2D eigenvalue weighted by Gasteiger charge is 2.33. The molecule has 0 radical (unpaired) electrons. The Morgan fingerprint density at radius 3 is 2.94 bits per heavy atom. The first-order chi connectivity index (χ1) is 8.47. The molecule has 2 rings (SSSR count). The van der Waals surface area contributed by atoms with Crippen LogP contribution in [0.15, 0.2) is 17.3 Å². The molecule has 2 heterocycles. The first kappa shape index (κ1) is 12.8. The van der Waals surface area contributed by atoms with Gasteiger partial charge in [-0.1, -0.05) is 24.0 Å². The number of nitrogens with zero attached hydrogens (tertiary/aromatic N) is 3. The lowest BCUT2D eigenvalue weighted by Gasteiger charge is -2.09. The van der Waals surface area contributed by atoms with Gasteiger partial charge in [-0.15, -0.1) is 0 Å². The number of carboxylic acids is 1. The molecule has 1 saturated heterocycles. The highest BCUT2D eigenvalue weighted by Crippen LogP contribution is 2.32. The van der Waals surface area contributed by atoms with Gasteiger partial charge in [0.2, 0.25) is 0 Å². The van der Waals surface area contributed by atoms with Crippen molar-refractivity contribution in [2.45, 2.75) is 0 Å². The van der Waals surface area contributed by atoms with Gasteiger partial charge in [0, 0.05) is 18.8 Å². The Bertz CT molecular complexity index is 564. The molecule has 94 valence electrons. The number of aliphatic carboxylic acids is 1. The lowest BCUT2D eigenvalue weighted by molar-refractivity contribution is -0.140. The molecule has 0 atom stereocenters. The number of rotatable bonds is 3. The molecule has 0 bridgehead atoms. The van der Waals surface area contributed by atoms with E-state index < -0.39 is 12.5 Å². The van der Waals surface area contributed by atoms with Crippen molar-refractivity contribution in [3.63, 3.8) is 0 Å². The first-order valence-electron chi connectivity index (χ1n) is 4.93. The van der Waals surface area contributed by atoms with Crippen molar-refractivity contribution in [1.29, 1.82) is 0 Å². The average molecular weight is 283 g/mol. The van der Waals surface area contributed by atoms with E-state index in [4.69, 9.17) is 17.3 Å². The summed E-state index contributed by atoms with van der Waals surface area (Å²) in [6.45, 7) is -0.408. The summed E-state index contributed by atoms with van der Waals surface area (Å²) >= 11 is 6.07. The number of carbonyl (C=O) groups is 2. The molecule has 1 aromatic heterocycles. The number of carboxylic acid groups (broad SMARTS) is 1. The Kier molecular flexibility index (Phi) is 3.48. The maximum Gasteiger partial charge on any atom is 0.323 e. The number of thiocarbonyl (C=S) groups is 1. The fraction of sp³-hybridized carbons (Fsp3) is 0.200. The van der Waals surface area contributed by atoms with Crippen molar-refractivity contribution < 1.29 is 14.7 Å². The minimum atomic E-state index is -1.09. The summed E-state index contributed by atoms with van der Waals surface area (Å²) in [4.78, 5) is 24.0. The molecule has 0 unspecified atom stereocenters. The van der Waals surface area contributed by atoms with Crippen LogP contribution in [0.1, 0.15) is 5.56 Å². The van der Waals surface area contributed by atoms with Gasteiger partial charge in [-0.25, -0.2) is 0 Å². The standard InChI is InChI=1S/C10H9N3O3S2/c1-12-4-6(3-11-12)2-7-9(16)13(5-8(14)15)10(17)18-7/h2-4H,5H2,1H3,(H,14,15). The highest BCUT2D eigenvalue weighted by atomic mass is 32.2. The van der Waals surface area contributed by atoms with Crippen LogP contribution in [0.2, 0.25) is 0 Å². The monoisotopic (exact) mass is 283 g/mol. The minimum absolute atomic E-state index is 0.262. The number of amides is 1. The van der Waals surface area contributed by atoms with Crippen LogP contribution in [0, 0.1) is 0 Å². The summed E-state index contributed by atoms with van der Waals surface area (Å²) in [5, 5.41) is 12.7. The number of thioether (sulfide) groups is 1. The molecule has 0 aromatic carbocycles. The Balaban J connectivity index is 2.22. The van der Waals surface area contributed by atoms with E-state index in [1.54, 1.807) is 30.2 Å². The maximum absolute atomic E-state index is 11.9. The van der Waals surface area contributed by atoms with E-state index in [0.29, 0.717) is 4.91 Å². The van der Waals surface area contributed by atoms with Crippen LogP contribution in [0.4, 0.5) is 0 Å². The van der Waals surface area contributed by atoms with Crippen LogP contribution in [-0.4, -0.2) is 42.5 Å². The fourth-order valence-electron chi connectivity index (χ4n) is 1.44. The van der Waals surface area contributed by atoms with E-state index in [9.17, 15) is 9.59 Å². The third-order valence-electron chi connectivity index (χ3n) is 2.19. The molecule has 1 fully saturated rings. The van der Waals surface area contributed by atoms with E-state index in [-0.39, 0.29) is 10.2 Å². The largest absolute Gasteiger partial charge is 0.480 e. The van der Waals surface area contributed by atoms with Crippen molar-refractivity contribution in [3.05, 3.63) is 22.9 Å². The second-order valence-electron chi connectivity index (χ2n) is 3.61. The zero-order valence-corrected chi connectivity index (χ0v) is 11.0. The van der Waals surface area contributed by atoms with Crippen molar-refractivity contribution in [1.82, 2.24) is 14.7 Å². The number of hydrogen-bond donors (Lipinski definition) is 1. The fourth-order valence-corrected chi connectivity index (χ4v) is 2.69. The molecule has 1 aromatic rings. The lowest BCUT2D eigenvalue weighted by atomic mass is 10.3. The summed E-state index contributed by atoms with van der Waals surface area (Å²) in [5.41, 5.74) is 0.772. The van der Waals surface area contributed by atoms with E-state index >= 15 is 0 Å². The van der Waals surface area contributed by atoms with Gasteiger partial charge in [0.15, 0.2) is 0 Å². The molecule has 8 heteroatoms. The molecule has 0 spiro atoms. The van der Waals surface area contributed by atoms with Crippen molar-refractivity contribution >= 4 is 46.3 Å². The van der Waals surface area contributed by atoms with Gasteiger partial charge in [-0.2, -0.15) is 5.10 Å². The smallest absolute Gasteiger partial charge is 0.323 e. The van der Waals surface area contributed by atoms with Gasteiger partial charge >= 0.3 is 5.97 Å². The second-order valence-corrected chi connectivity index (χ2v) is 5.28. The molecule has 18 heavy (non-hydrogen) atoms. The summed E-state index contributed by atoms with van der Waals surface area (Å²) in [5.74, 6) is -1.47. The predicted octanol–water partition coefficient (Wildman–Crippen LogP) is 0.706. The van der Waals surface area contributed by atoms with Gasteiger partial charge in [-0.05, 0) is 6.08 Å². The zero-order chi connectivity index (χ0) is 13.3. The Morgan fingerprint density at radius 2 is 2.39 bits per heavy atom. The number of aromatic nitrogens is 2. The normalized spacial score (nSPS) is 17.8. The quantitative estimate of drug-likeness (QED) is 0.650. The molecular weight excluding hydrogens is 274 g/mol. The van der Waals surface area contributed by atoms with Crippen molar-refractivity contribution in [2.75, 3.05) is 6.54 Å². The second kappa shape index (κ2) is 4.91. The molecule has 1 aliphatic rings. The highest BCUT2D eigenvalue weighted by molar-refractivity contribution is 8.26. The van der Waals surface area contributed by atoms with Crippen LogP contribution in [0.5, 0.6) is 0 Å².